The molecule has 1 aliphatic heterocycles. The van der Waals surface area contributed by atoms with Crippen LogP contribution in [-0.2, 0) is 12.8 Å². The van der Waals surface area contributed by atoms with Gasteiger partial charge < -0.3 is 0 Å². The summed E-state index contributed by atoms with van der Waals surface area (Å²) in [4.78, 5) is 0. The molecule has 3 heteroatoms. The van der Waals surface area contributed by atoms with Crippen LogP contribution in [0.3, 0.4) is 0 Å². The second-order valence-corrected chi connectivity index (χ2v) is 13.5. The number of nitriles is 1. The van der Waals surface area contributed by atoms with Crippen LogP contribution in [0.1, 0.15) is 54.9 Å². The average molecular weight is 456 g/mol. The van der Waals surface area contributed by atoms with Crippen molar-refractivity contribution in [2.24, 2.45) is 5.92 Å². The van der Waals surface area contributed by atoms with Crippen LogP contribution in [0.2, 0.25) is 18.1 Å². The first-order chi connectivity index (χ1) is 16.0. The van der Waals surface area contributed by atoms with Gasteiger partial charge in [0.1, 0.15) is 5.82 Å². The lowest BCUT2D eigenvalue weighted by Gasteiger charge is -2.29. The Morgan fingerprint density at radius 3 is 2.15 bits per heavy atom. The van der Waals surface area contributed by atoms with Crippen LogP contribution in [0.25, 0.3) is 11.1 Å². The standard InChI is InChI=1S/C30H34FNSi/c1-22(2)21-33-17-15-27(16-18-33)26-10-5-23(6-11-26)3-4-24-9-14-29(30(31)19-24)28-12-7-25(20-32)8-13-28/h5-14,19,22,27,33H,3-4,15-18,21H2,1-2H3. The largest absolute Gasteiger partial charge is 0.206 e. The van der Waals surface area contributed by atoms with Crippen molar-refractivity contribution in [3.05, 3.63) is 94.8 Å². The molecule has 0 radical (unpaired) electrons. The molecule has 1 saturated heterocycles. The number of nitrogens with zero attached hydrogens (tertiary/aromatic N) is 1. The van der Waals surface area contributed by atoms with E-state index in [1.165, 1.54) is 42.1 Å². The number of rotatable bonds is 7. The minimum absolute atomic E-state index is 0.204. The Morgan fingerprint density at radius 1 is 0.909 bits per heavy atom. The summed E-state index contributed by atoms with van der Waals surface area (Å²) in [6.45, 7) is 4.74. The molecule has 1 aliphatic rings. The van der Waals surface area contributed by atoms with E-state index in [0.717, 1.165) is 35.8 Å². The molecule has 0 spiro atoms. The molecule has 0 aliphatic carbocycles. The second kappa shape index (κ2) is 10.9. The molecule has 0 amide bonds. The third kappa shape index (κ3) is 6.21. The molecule has 0 atom stereocenters. The van der Waals surface area contributed by atoms with Crippen LogP contribution >= 0.6 is 0 Å². The summed E-state index contributed by atoms with van der Waals surface area (Å²) in [7, 11) is -0.478. The van der Waals surface area contributed by atoms with E-state index in [9.17, 15) is 4.39 Å². The van der Waals surface area contributed by atoms with Gasteiger partial charge in [-0.2, -0.15) is 5.26 Å². The highest BCUT2D eigenvalue weighted by Crippen LogP contribution is 2.35. The highest BCUT2D eigenvalue weighted by atomic mass is 28.3. The Kier molecular flexibility index (Phi) is 7.78. The van der Waals surface area contributed by atoms with Crippen LogP contribution in [0.4, 0.5) is 4.39 Å². The van der Waals surface area contributed by atoms with Gasteiger partial charge in [-0.25, -0.2) is 4.39 Å². The highest BCUT2D eigenvalue weighted by molar-refractivity contribution is 6.59. The summed E-state index contributed by atoms with van der Waals surface area (Å²) in [5.74, 6) is 1.42. The van der Waals surface area contributed by atoms with Crippen molar-refractivity contribution in [3.63, 3.8) is 0 Å². The molecule has 0 saturated carbocycles. The van der Waals surface area contributed by atoms with Gasteiger partial charge in [0.15, 0.2) is 0 Å². The van der Waals surface area contributed by atoms with Gasteiger partial charge in [-0.3, -0.25) is 0 Å². The fourth-order valence-electron chi connectivity index (χ4n) is 5.32. The predicted molar refractivity (Wildman–Crippen MR) is 139 cm³/mol. The number of hydrogen-bond donors (Lipinski definition) is 0. The smallest absolute Gasteiger partial charge is 0.131 e. The van der Waals surface area contributed by atoms with Crippen molar-refractivity contribution in [3.8, 4) is 17.2 Å². The zero-order chi connectivity index (χ0) is 23.2. The first-order valence-electron chi connectivity index (χ1n) is 12.4. The van der Waals surface area contributed by atoms with Gasteiger partial charge in [0, 0.05) is 14.4 Å². The van der Waals surface area contributed by atoms with E-state index in [2.05, 4.69) is 44.2 Å². The number of hydrogen-bond acceptors (Lipinski definition) is 1. The Hall–Kier alpha value is -2.70. The van der Waals surface area contributed by atoms with Crippen LogP contribution in [0.5, 0.6) is 0 Å². The molecule has 0 aromatic heterocycles. The van der Waals surface area contributed by atoms with Gasteiger partial charge in [0.05, 0.1) is 11.6 Å². The normalized spacial score (nSPS) is 18.3. The van der Waals surface area contributed by atoms with Crippen LogP contribution in [0.15, 0.2) is 66.7 Å². The van der Waals surface area contributed by atoms with Crippen molar-refractivity contribution in [2.75, 3.05) is 0 Å². The second-order valence-electron chi connectivity index (χ2n) is 10.1. The summed E-state index contributed by atoms with van der Waals surface area (Å²) >= 11 is 0. The molecular formula is C30H34FNSi. The molecule has 3 aromatic carbocycles. The van der Waals surface area contributed by atoms with E-state index in [4.69, 9.17) is 5.26 Å². The molecule has 4 rings (SSSR count). The first kappa shape index (κ1) is 23.5. The summed E-state index contributed by atoms with van der Waals surface area (Å²) in [6.07, 6.45) is 4.52. The van der Waals surface area contributed by atoms with E-state index in [-0.39, 0.29) is 5.82 Å². The molecular weight excluding hydrogens is 421 g/mol. The third-order valence-corrected chi connectivity index (χ3v) is 11.1. The van der Waals surface area contributed by atoms with Gasteiger partial charge >= 0.3 is 0 Å². The Bertz CT molecular complexity index is 1090. The van der Waals surface area contributed by atoms with Gasteiger partial charge in [0.2, 0.25) is 0 Å². The summed E-state index contributed by atoms with van der Waals surface area (Å²) in [6, 6.07) is 28.4. The molecule has 0 N–H and O–H groups in total. The maximum atomic E-state index is 14.7. The third-order valence-electron chi connectivity index (χ3n) is 7.16. The average Bonchev–Trinajstić information content (AvgIpc) is 2.83. The van der Waals surface area contributed by atoms with Crippen molar-refractivity contribution in [1.82, 2.24) is 0 Å². The summed E-state index contributed by atoms with van der Waals surface area (Å²) < 4.78 is 14.7. The van der Waals surface area contributed by atoms with Crippen molar-refractivity contribution < 1.29 is 4.39 Å². The number of benzene rings is 3. The van der Waals surface area contributed by atoms with Gasteiger partial charge in [-0.05, 0) is 78.0 Å². The van der Waals surface area contributed by atoms with Gasteiger partial charge in [-0.1, -0.05) is 80.5 Å². The van der Waals surface area contributed by atoms with Crippen LogP contribution < -0.4 is 0 Å². The van der Waals surface area contributed by atoms with Crippen molar-refractivity contribution >= 4 is 8.80 Å². The molecule has 0 unspecified atom stereocenters. The van der Waals surface area contributed by atoms with Crippen molar-refractivity contribution in [2.45, 2.75) is 63.6 Å². The first-order valence-corrected chi connectivity index (χ1v) is 14.8. The minimum atomic E-state index is -0.478. The molecule has 170 valence electrons. The Labute approximate surface area is 199 Å². The van der Waals surface area contributed by atoms with Crippen molar-refractivity contribution in [1.29, 1.82) is 5.26 Å². The molecule has 3 aromatic rings. The lowest BCUT2D eigenvalue weighted by Crippen LogP contribution is -2.21. The molecule has 0 bridgehead atoms. The monoisotopic (exact) mass is 455 g/mol. The molecule has 33 heavy (non-hydrogen) atoms. The maximum Gasteiger partial charge on any atom is 0.131 e. The van der Waals surface area contributed by atoms with Crippen LogP contribution in [-0.4, -0.2) is 8.80 Å². The Morgan fingerprint density at radius 2 is 1.55 bits per heavy atom. The fourth-order valence-corrected chi connectivity index (χ4v) is 9.16. The van der Waals surface area contributed by atoms with E-state index in [1.807, 2.05) is 12.1 Å². The number of aryl methyl sites for hydroxylation is 2. The lowest BCUT2D eigenvalue weighted by molar-refractivity contribution is 0.597. The van der Waals surface area contributed by atoms with E-state index >= 15 is 0 Å². The van der Waals surface area contributed by atoms with E-state index < -0.39 is 8.80 Å². The zero-order valence-electron chi connectivity index (χ0n) is 19.9. The number of halogens is 1. The molecule has 1 fully saturated rings. The SMILES string of the molecule is CC(C)C[SiH]1CCC(c2ccc(CCc3ccc(-c4ccc(C#N)cc4)c(F)c3)cc2)CC1. The zero-order valence-corrected chi connectivity index (χ0v) is 21.0. The summed E-state index contributed by atoms with van der Waals surface area (Å²) in [5.41, 5.74) is 5.81. The van der Waals surface area contributed by atoms with Crippen LogP contribution in [0, 0.1) is 23.1 Å². The fraction of sp³-hybridized carbons (Fsp3) is 0.367. The Balaban J connectivity index is 1.32. The highest BCUT2D eigenvalue weighted by Gasteiger charge is 2.23. The van der Waals surface area contributed by atoms with Gasteiger partial charge in [0.25, 0.3) is 0 Å². The molecule has 1 nitrogen and oxygen atoms in total. The molecule has 1 heterocycles. The van der Waals surface area contributed by atoms with Gasteiger partial charge in [-0.15, -0.1) is 0 Å². The quantitative estimate of drug-likeness (QED) is 0.332. The minimum Gasteiger partial charge on any atom is -0.206 e. The van der Waals surface area contributed by atoms with E-state index in [1.54, 1.807) is 30.3 Å². The maximum absolute atomic E-state index is 14.7. The predicted octanol–water partition coefficient (Wildman–Crippen LogP) is 7.91. The van der Waals surface area contributed by atoms with E-state index in [0.29, 0.717) is 11.1 Å². The lowest BCUT2D eigenvalue weighted by atomic mass is 9.92. The topological polar surface area (TPSA) is 23.8 Å². The summed E-state index contributed by atoms with van der Waals surface area (Å²) in [5, 5.41) is 8.94.